The lowest BCUT2D eigenvalue weighted by Crippen LogP contribution is -2.50. The van der Waals surface area contributed by atoms with Crippen molar-refractivity contribution in [1.29, 1.82) is 0 Å². The van der Waals surface area contributed by atoms with Gasteiger partial charge in [0.05, 0.1) is 6.54 Å². The normalized spacial score (nSPS) is 21.9. The van der Waals surface area contributed by atoms with Crippen LogP contribution in [0.2, 0.25) is 0 Å². The molecule has 2 fully saturated rings. The fourth-order valence-electron chi connectivity index (χ4n) is 3.48. The van der Waals surface area contributed by atoms with Crippen molar-refractivity contribution in [3.05, 3.63) is 21.6 Å². The molecule has 2 aliphatic rings. The van der Waals surface area contributed by atoms with Crippen molar-refractivity contribution in [2.24, 2.45) is 0 Å². The molecule has 2 N–H and O–H groups in total. The number of hydrogen-bond acceptors (Lipinski definition) is 5. The molecule has 132 valence electrons. The van der Waals surface area contributed by atoms with E-state index < -0.39 is 0 Å². The first kappa shape index (κ1) is 17.0. The summed E-state index contributed by atoms with van der Waals surface area (Å²) in [6.45, 7) is 7.72. The van der Waals surface area contributed by atoms with Gasteiger partial charge in [0.2, 0.25) is 11.9 Å². The fourth-order valence-corrected chi connectivity index (χ4v) is 3.48. The minimum Gasteiger partial charge on any atom is -0.350 e. The first-order chi connectivity index (χ1) is 11.5. The number of aromatic amines is 1. The summed E-state index contributed by atoms with van der Waals surface area (Å²) in [5.41, 5.74) is 1.33. The van der Waals surface area contributed by atoms with Gasteiger partial charge in [-0.2, -0.15) is 0 Å². The minimum absolute atomic E-state index is 0.0855. The molecule has 0 radical (unpaired) electrons. The van der Waals surface area contributed by atoms with E-state index in [-0.39, 0.29) is 17.5 Å². The molecular weight excluding hydrogens is 306 g/mol. The zero-order valence-corrected chi connectivity index (χ0v) is 14.6. The van der Waals surface area contributed by atoms with Crippen LogP contribution in [-0.4, -0.2) is 59.5 Å². The van der Waals surface area contributed by atoms with E-state index >= 15 is 0 Å². The lowest BCUT2D eigenvalue weighted by atomic mass is 10.1. The van der Waals surface area contributed by atoms with E-state index in [1.807, 2.05) is 6.92 Å². The third kappa shape index (κ3) is 3.95. The van der Waals surface area contributed by atoms with Crippen LogP contribution in [-0.2, 0) is 4.79 Å². The molecule has 1 amide bonds. The maximum Gasteiger partial charge on any atom is 0.255 e. The van der Waals surface area contributed by atoms with Crippen LogP contribution < -0.4 is 15.8 Å². The van der Waals surface area contributed by atoms with Gasteiger partial charge in [0.25, 0.3) is 5.56 Å². The topological polar surface area (TPSA) is 81.3 Å². The Morgan fingerprint density at radius 3 is 2.71 bits per heavy atom. The summed E-state index contributed by atoms with van der Waals surface area (Å²) in [6.07, 6.45) is 4.33. The second kappa shape index (κ2) is 7.34. The van der Waals surface area contributed by atoms with E-state index in [1.54, 1.807) is 6.92 Å². The number of aryl methyl sites for hydroxylation is 1. The Labute approximate surface area is 142 Å². The molecule has 0 aliphatic carbocycles. The maximum absolute atomic E-state index is 12.2. The Morgan fingerprint density at radius 1 is 1.25 bits per heavy atom. The zero-order valence-electron chi connectivity index (χ0n) is 14.6. The number of hydrogen-bond donors (Lipinski definition) is 2. The summed E-state index contributed by atoms with van der Waals surface area (Å²) in [4.78, 5) is 35.8. The van der Waals surface area contributed by atoms with Crippen LogP contribution in [0.3, 0.4) is 0 Å². The monoisotopic (exact) mass is 333 g/mol. The highest BCUT2D eigenvalue weighted by Gasteiger charge is 2.24. The van der Waals surface area contributed by atoms with Gasteiger partial charge in [-0.05, 0) is 52.6 Å². The number of H-pyrrole nitrogens is 1. The molecule has 0 bridgehead atoms. The molecule has 2 saturated heterocycles. The second-order valence-electron chi connectivity index (χ2n) is 6.94. The fraction of sp³-hybridized carbons (Fsp3) is 0.706. The number of carbonyl (C=O) groups is 1. The molecule has 2 aliphatic heterocycles. The molecule has 1 atom stereocenters. The Bertz CT molecular complexity index is 651. The minimum atomic E-state index is -0.0855. The van der Waals surface area contributed by atoms with Gasteiger partial charge >= 0.3 is 0 Å². The van der Waals surface area contributed by atoms with Crippen LogP contribution in [0.1, 0.15) is 36.9 Å². The van der Waals surface area contributed by atoms with Gasteiger partial charge in [-0.15, -0.1) is 0 Å². The number of piperidine rings is 1. The van der Waals surface area contributed by atoms with Crippen molar-refractivity contribution in [3.8, 4) is 0 Å². The lowest BCUT2D eigenvalue weighted by molar-refractivity contribution is -0.122. The molecule has 0 aromatic carbocycles. The van der Waals surface area contributed by atoms with Crippen molar-refractivity contribution in [1.82, 2.24) is 20.2 Å². The molecule has 0 saturated carbocycles. The lowest BCUT2D eigenvalue weighted by Gasteiger charge is -2.34. The van der Waals surface area contributed by atoms with Gasteiger partial charge in [-0.3, -0.25) is 19.5 Å². The molecule has 1 aromatic rings. The van der Waals surface area contributed by atoms with E-state index in [0.29, 0.717) is 24.6 Å². The number of nitrogens with one attached hydrogen (secondary N) is 2. The third-order valence-electron chi connectivity index (χ3n) is 5.03. The first-order valence-corrected chi connectivity index (χ1v) is 8.87. The van der Waals surface area contributed by atoms with E-state index in [9.17, 15) is 9.59 Å². The average molecular weight is 333 g/mol. The van der Waals surface area contributed by atoms with Crippen molar-refractivity contribution in [2.45, 2.75) is 45.6 Å². The number of likely N-dealkylation sites (tertiary alicyclic amines) is 1. The average Bonchev–Trinajstić information content (AvgIpc) is 3.05. The van der Waals surface area contributed by atoms with Gasteiger partial charge in [-0.1, -0.05) is 0 Å². The number of nitrogens with zero attached hydrogens (tertiary/aromatic N) is 3. The Balaban J connectivity index is 1.59. The number of aromatic nitrogens is 2. The van der Waals surface area contributed by atoms with Gasteiger partial charge in [0.15, 0.2) is 0 Å². The second-order valence-corrected chi connectivity index (χ2v) is 6.94. The molecule has 24 heavy (non-hydrogen) atoms. The van der Waals surface area contributed by atoms with Gasteiger partial charge in [0.1, 0.15) is 0 Å². The number of carbonyl (C=O) groups excluding carboxylic acids is 1. The van der Waals surface area contributed by atoms with E-state index in [0.717, 1.165) is 38.2 Å². The molecule has 7 heteroatoms. The van der Waals surface area contributed by atoms with Gasteiger partial charge < -0.3 is 10.2 Å². The molecular formula is C17H27N5O2. The van der Waals surface area contributed by atoms with E-state index in [2.05, 4.69) is 25.1 Å². The standard InChI is InChI=1S/C17H27N5O2/c1-12-13(2)18-17(20-16(12)24)22-9-5-6-14(10-22)19-15(23)11-21-7-3-4-8-21/h14H,3-11H2,1-2H3,(H,19,23)(H,18,20,24). The summed E-state index contributed by atoms with van der Waals surface area (Å²) in [6, 6.07) is 0.112. The van der Waals surface area contributed by atoms with Crippen LogP contribution in [0.15, 0.2) is 4.79 Å². The van der Waals surface area contributed by atoms with Crippen LogP contribution >= 0.6 is 0 Å². The van der Waals surface area contributed by atoms with Crippen molar-refractivity contribution in [2.75, 3.05) is 37.6 Å². The zero-order chi connectivity index (χ0) is 17.1. The number of rotatable bonds is 4. The van der Waals surface area contributed by atoms with Gasteiger partial charge in [-0.25, -0.2) is 4.98 Å². The highest BCUT2D eigenvalue weighted by Crippen LogP contribution is 2.16. The SMILES string of the molecule is Cc1nc(N2CCCC(NC(=O)CN3CCCC3)C2)[nH]c(=O)c1C. The van der Waals surface area contributed by atoms with Crippen molar-refractivity contribution < 1.29 is 4.79 Å². The molecule has 7 nitrogen and oxygen atoms in total. The van der Waals surface area contributed by atoms with E-state index in [4.69, 9.17) is 0 Å². The Hall–Kier alpha value is -1.89. The van der Waals surface area contributed by atoms with Crippen LogP contribution in [0.4, 0.5) is 5.95 Å². The summed E-state index contributed by atoms with van der Waals surface area (Å²) in [7, 11) is 0. The molecule has 3 heterocycles. The first-order valence-electron chi connectivity index (χ1n) is 8.87. The molecule has 1 unspecified atom stereocenters. The summed E-state index contributed by atoms with van der Waals surface area (Å²) in [5, 5.41) is 3.14. The third-order valence-corrected chi connectivity index (χ3v) is 5.03. The van der Waals surface area contributed by atoms with E-state index in [1.165, 1.54) is 12.8 Å². The molecule has 3 rings (SSSR count). The summed E-state index contributed by atoms with van der Waals surface area (Å²) in [5.74, 6) is 0.715. The predicted octanol–water partition coefficient (Wildman–Crippen LogP) is 0.568. The summed E-state index contributed by atoms with van der Waals surface area (Å²) >= 11 is 0. The summed E-state index contributed by atoms with van der Waals surface area (Å²) < 4.78 is 0. The smallest absolute Gasteiger partial charge is 0.255 e. The van der Waals surface area contributed by atoms with Crippen molar-refractivity contribution >= 4 is 11.9 Å². The van der Waals surface area contributed by atoms with Gasteiger partial charge in [0, 0.05) is 30.4 Å². The predicted molar refractivity (Wildman–Crippen MR) is 93.4 cm³/mol. The van der Waals surface area contributed by atoms with Crippen LogP contribution in [0.25, 0.3) is 0 Å². The van der Waals surface area contributed by atoms with Crippen molar-refractivity contribution in [3.63, 3.8) is 0 Å². The molecule has 1 aromatic heterocycles. The van der Waals surface area contributed by atoms with Crippen LogP contribution in [0, 0.1) is 13.8 Å². The Morgan fingerprint density at radius 2 is 2.00 bits per heavy atom. The largest absolute Gasteiger partial charge is 0.350 e. The highest BCUT2D eigenvalue weighted by atomic mass is 16.2. The number of anilines is 1. The number of amides is 1. The van der Waals surface area contributed by atoms with Crippen LogP contribution in [0.5, 0.6) is 0 Å². The highest BCUT2D eigenvalue weighted by molar-refractivity contribution is 5.78. The maximum atomic E-state index is 12.2. The quantitative estimate of drug-likeness (QED) is 0.842. The Kier molecular flexibility index (Phi) is 5.18. The molecule has 0 spiro atoms.